The number of urea groups is 1. The minimum Gasteiger partial charge on any atom is -0.396 e. The standard InChI is InChI=1S/C17H31N3O2/c1-2-3-9-20-10-5-4-6-16(20)12-18-17(22)19-15-8-7-14(11-15)13-21/h7-8,14-16,21H,2-6,9-13H2,1H3,(H2,18,19,22)/t14-,15+,16?/m0/s1. The van der Waals surface area contributed by atoms with Crippen molar-refractivity contribution in [3.8, 4) is 0 Å². The van der Waals surface area contributed by atoms with Gasteiger partial charge in [-0.2, -0.15) is 0 Å². The number of rotatable bonds is 7. The smallest absolute Gasteiger partial charge is 0.315 e. The third-order valence-electron chi connectivity index (χ3n) is 4.77. The van der Waals surface area contributed by atoms with E-state index in [2.05, 4.69) is 22.5 Å². The molecule has 0 bridgehead atoms. The first-order chi connectivity index (χ1) is 10.7. The molecule has 1 saturated heterocycles. The monoisotopic (exact) mass is 309 g/mol. The molecule has 1 aliphatic heterocycles. The number of piperidine rings is 1. The van der Waals surface area contributed by atoms with Crippen LogP contribution in [0.1, 0.15) is 45.4 Å². The van der Waals surface area contributed by atoms with Gasteiger partial charge in [0.2, 0.25) is 0 Å². The van der Waals surface area contributed by atoms with Gasteiger partial charge in [0.25, 0.3) is 0 Å². The first kappa shape index (κ1) is 17.3. The molecular formula is C17H31N3O2. The van der Waals surface area contributed by atoms with E-state index in [9.17, 15) is 4.79 Å². The van der Waals surface area contributed by atoms with E-state index in [-0.39, 0.29) is 24.6 Å². The summed E-state index contributed by atoms with van der Waals surface area (Å²) in [6.45, 7) is 5.42. The van der Waals surface area contributed by atoms with Gasteiger partial charge in [-0.25, -0.2) is 4.79 Å². The molecule has 5 heteroatoms. The van der Waals surface area contributed by atoms with E-state index in [1.54, 1.807) is 0 Å². The highest BCUT2D eigenvalue weighted by Gasteiger charge is 2.23. The van der Waals surface area contributed by atoms with Crippen molar-refractivity contribution >= 4 is 6.03 Å². The summed E-state index contributed by atoms with van der Waals surface area (Å²) in [5.74, 6) is 0.188. The van der Waals surface area contributed by atoms with E-state index < -0.39 is 0 Å². The molecule has 2 amide bonds. The van der Waals surface area contributed by atoms with Crippen LogP contribution in [0.4, 0.5) is 4.79 Å². The minimum absolute atomic E-state index is 0.0553. The summed E-state index contributed by atoms with van der Waals surface area (Å²) in [6.07, 6.45) is 10.9. The Morgan fingerprint density at radius 1 is 1.36 bits per heavy atom. The summed E-state index contributed by atoms with van der Waals surface area (Å²) in [5, 5.41) is 15.1. The first-order valence-electron chi connectivity index (χ1n) is 8.80. The van der Waals surface area contributed by atoms with Crippen molar-refractivity contribution in [1.82, 2.24) is 15.5 Å². The average Bonchev–Trinajstić information content (AvgIpc) is 2.99. The number of carbonyl (C=O) groups excluding carboxylic acids is 1. The Morgan fingerprint density at radius 3 is 2.95 bits per heavy atom. The Kier molecular flexibility index (Phi) is 7.19. The maximum absolute atomic E-state index is 12.0. The Labute approximate surface area is 134 Å². The van der Waals surface area contributed by atoms with Crippen LogP contribution in [-0.2, 0) is 0 Å². The molecule has 5 nitrogen and oxygen atoms in total. The second-order valence-corrected chi connectivity index (χ2v) is 6.56. The molecule has 22 heavy (non-hydrogen) atoms. The van der Waals surface area contributed by atoms with Crippen LogP contribution < -0.4 is 10.6 Å². The highest BCUT2D eigenvalue weighted by atomic mass is 16.3. The lowest BCUT2D eigenvalue weighted by atomic mass is 10.0. The van der Waals surface area contributed by atoms with Gasteiger partial charge < -0.3 is 15.7 Å². The van der Waals surface area contributed by atoms with Gasteiger partial charge in [0.15, 0.2) is 0 Å². The van der Waals surface area contributed by atoms with Gasteiger partial charge in [0, 0.05) is 31.2 Å². The number of hydrogen-bond donors (Lipinski definition) is 3. The molecule has 0 spiro atoms. The molecule has 3 N–H and O–H groups in total. The molecule has 1 fully saturated rings. The van der Waals surface area contributed by atoms with Crippen molar-refractivity contribution in [2.45, 2.75) is 57.5 Å². The Morgan fingerprint density at radius 2 is 2.23 bits per heavy atom. The summed E-state index contributed by atoms with van der Waals surface area (Å²) >= 11 is 0. The summed E-state index contributed by atoms with van der Waals surface area (Å²) in [6, 6.07) is 0.448. The number of likely N-dealkylation sites (tertiary alicyclic amines) is 1. The van der Waals surface area contributed by atoms with Crippen LogP contribution in [0.3, 0.4) is 0 Å². The lowest BCUT2D eigenvalue weighted by Crippen LogP contribution is -2.50. The van der Waals surface area contributed by atoms with Gasteiger partial charge in [0.05, 0.1) is 0 Å². The number of nitrogens with zero attached hydrogens (tertiary/aromatic N) is 1. The third-order valence-corrected chi connectivity index (χ3v) is 4.77. The molecule has 3 atom stereocenters. The second kappa shape index (κ2) is 9.16. The molecule has 0 aromatic carbocycles. The maximum atomic E-state index is 12.0. The topological polar surface area (TPSA) is 64.6 Å². The number of unbranched alkanes of at least 4 members (excludes halogenated alkanes) is 1. The molecular weight excluding hydrogens is 278 g/mol. The molecule has 0 aromatic rings. The van der Waals surface area contributed by atoms with E-state index in [1.165, 1.54) is 32.1 Å². The molecule has 2 aliphatic rings. The first-order valence-corrected chi connectivity index (χ1v) is 8.80. The minimum atomic E-state index is -0.0887. The van der Waals surface area contributed by atoms with Gasteiger partial charge in [-0.3, -0.25) is 4.90 Å². The van der Waals surface area contributed by atoms with Gasteiger partial charge in [-0.05, 0) is 38.8 Å². The summed E-state index contributed by atoms with van der Waals surface area (Å²) < 4.78 is 0. The van der Waals surface area contributed by atoms with E-state index in [0.717, 1.165) is 26.1 Å². The third kappa shape index (κ3) is 5.29. The van der Waals surface area contributed by atoms with Gasteiger partial charge in [0.1, 0.15) is 0 Å². The number of hydrogen-bond acceptors (Lipinski definition) is 3. The van der Waals surface area contributed by atoms with Crippen molar-refractivity contribution in [1.29, 1.82) is 0 Å². The lowest BCUT2D eigenvalue weighted by Gasteiger charge is -2.35. The van der Waals surface area contributed by atoms with Crippen LogP contribution in [0, 0.1) is 5.92 Å². The molecule has 0 aromatic heterocycles. The van der Waals surface area contributed by atoms with Gasteiger partial charge in [-0.15, -0.1) is 0 Å². The summed E-state index contributed by atoms with van der Waals surface area (Å²) in [7, 11) is 0. The highest BCUT2D eigenvalue weighted by molar-refractivity contribution is 5.74. The number of carbonyl (C=O) groups is 1. The number of nitrogens with one attached hydrogen (secondary N) is 2. The zero-order chi connectivity index (χ0) is 15.8. The average molecular weight is 309 g/mol. The second-order valence-electron chi connectivity index (χ2n) is 6.56. The maximum Gasteiger partial charge on any atom is 0.315 e. The van der Waals surface area contributed by atoms with Crippen LogP contribution in [0.25, 0.3) is 0 Å². The quantitative estimate of drug-likeness (QED) is 0.629. The molecule has 1 unspecified atom stereocenters. The molecule has 1 aliphatic carbocycles. The highest BCUT2D eigenvalue weighted by Crippen LogP contribution is 2.18. The SMILES string of the molecule is CCCCN1CCCCC1CNC(=O)N[C@@H]1C=C[C@H](CO)C1. The van der Waals surface area contributed by atoms with Gasteiger partial charge >= 0.3 is 6.03 Å². The normalized spacial score (nSPS) is 28.7. The Hall–Kier alpha value is -1.07. The van der Waals surface area contributed by atoms with Crippen LogP contribution in [0.15, 0.2) is 12.2 Å². The predicted molar refractivity (Wildman–Crippen MR) is 88.8 cm³/mol. The zero-order valence-corrected chi connectivity index (χ0v) is 13.8. The predicted octanol–water partition coefficient (Wildman–Crippen LogP) is 1.88. The van der Waals surface area contributed by atoms with Crippen LogP contribution in [-0.4, -0.2) is 54.4 Å². The fraction of sp³-hybridized carbons (Fsp3) is 0.824. The fourth-order valence-corrected chi connectivity index (χ4v) is 3.39. The van der Waals surface area contributed by atoms with Crippen molar-refractivity contribution in [3.63, 3.8) is 0 Å². The van der Waals surface area contributed by atoms with Crippen LogP contribution in [0.2, 0.25) is 0 Å². The van der Waals surface area contributed by atoms with E-state index >= 15 is 0 Å². The Bertz CT molecular complexity index is 373. The van der Waals surface area contributed by atoms with Gasteiger partial charge in [-0.1, -0.05) is 31.9 Å². The molecule has 0 radical (unpaired) electrons. The van der Waals surface area contributed by atoms with Crippen LogP contribution >= 0.6 is 0 Å². The number of amides is 2. The fourth-order valence-electron chi connectivity index (χ4n) is 3.39. The number of aliphatic hydroxyl groups excluding tert-OH is 1. The lowest BCUT2D eigenvalue weighted by molar-refractivity contribution is 0.144. The summed E-state index contributed by atoms with van der Waals surface area (Å²) in [5.41, 5.74) is 0. The zero-order valence-electron chi connectivity index (χ0n) is 13.8. The van der Waals surface area contributed by atoms with Crippen molar-refractivity contribution in [2.24, 2.45) is 5.92 Å². The molecule has 126 valence electrons. The van der Waals surface area contributed by atoms with E-state index in [4.69, 9.17) is 5.11 Å². The van der Waals surface area contributed by atoms with Crippen molar-refractivity contribution < 1.29 is 9.90 Å². The van der Waals surface area contributed by atoms with Crippen LogP contribution in [0.5, 0.6) is 0 Å². The summed E-state index contributed by atoms with van der Waals surface area (Å²) in [4.78, 5) is 14.6. The largest absolute Gasteiger partial charge is 0.396 e. The van der Waals surface area contributed by atoms with E-state index in [0.29, 0.717) is 6.04 Å². The Balaban J connectivity index is 1.69. The van der Waals surface area contributed by atoms with E-state index in [1.807, 2.05) is 12.2 Å². The molecule has 1 heterocycles. The van der Waals surface area contributed by atoms with Crippen molar-refractivity contribution in [2.75, 3.05) is 26.2 Å². The molecule has 0 saturated carbocycles. The number of aliphatic hydroxyl groups is 1. The molecule has 2 rings (SSSR count). The van der Waals surface area contributed by atoms with Crippen molar-refractivity contribution in [3.05, 3.63) is 12.2 Å².